The summed E-state index contributed by atoms with van der Waals surface area (Å²) < 4.78 is 2.29. The van der Waals surface area contributed by atoms with E-state index in [1.165, 1.54) is 22.0 Å². The number of hydrogen-bond acceptors (Lipinski definition) is 3. The Balaban J connectivity index is 1.25. The van der Waals surface area contributed by atoms with Gasteiger partial charge in [-0.15, -0.1) is 0 Å². The molecule has 3 unspecified atom stereocenters. The topological polar surface area (TPSA) is 55.8 Å². The second-order valence-corrected chi connectivity index (χ2v) is 14.3. The van der Waals surface area contributed by atoms with Gasteiger partial charge in [0.25, 0.3) is 0 Å². The Morgan fingerprint density at radius 2 is 1.41 bits per heavy atom. The Kier molecular flexibility index (Phi) is 7.16. The molecule has 9 rings (SSSR count). The molecule has 1 aliphatic heterocycles. The Morgan fingerprint density at radius 1 is 0.725 bits per heavy atom. The molecule has 2 heterocycles. The molecule has 0 bridgehead atoms. The molecule has 0 N–H and O–H groups in total. The van der Waals surface area contributed by atoms with E-state index in [-0.39, 0.29) is 23.3 Å². The molecule has 6 aromatic rings. The number of fused-ring (bicyclic) bond motifs is 5. The average molecular weight is 657 g/mol. The van der Waals surface area contributed by atoms with Gasteiger partial charge in [0, 0.05) is 50.3 Å². The van der Waals surface area contributed by atoms with Crippen molar-refractivity contribution in [2.45, 2.75) is 31.7 Å². The summed E-state index contributed by atoms with van der Waals surface area (Å²) in [5.74, 6) is -0.0659. The lowest BCUT2D eigenvalue weighted by Gasteiger charge is -2.51. The van der Waals surface area contributed by atoms with Crippen LogP contribution in [-0.2, 0) is 5.41 Å². The Morgan fingerprint density at radius 3 is 2.14 bits per heavy atom. The zero-order chi connectivity index (χ0) is 34.7. The molecule has 2 aliphatic carbocycles. The largest absolute Gasteiger partial charge is 0.334 e. The number of para-hydroxylation sites is 3. The van der Waals surface area contributed by atoms with Crippen molar-refractivity contribution >= 4 is 44.5 Å². The first-order chi connectivity index (χ1) is 25.0. The smallest absolute Gasteiger partial charge is 0.0998 e. The third-order valence-electron chi connectivity index (χ3n) is 11.2. The van der Waals surface area contributed by atoms with Crippen LogP contribution >= 0.6 is 0 Å². The van der Waals surface area contributed by atoms with Gasteiger partial charge in [-0.1, -0.05) is 117 Å². The summed E-state index contributed by atoms with van der Waals surface area (Å²) in [4.78, 5) is 2.47. The molecule has 0 fully saturated rings. The molecule has 4 nitrogen and oxygen atoms in total. The molecule has 0 radical (unpaired) electrons. The van der Waals surface area contributed by atoms with Crippen molar-refractivity contribution in [2.24, 2.45) is 11.8 Å². The summed E-state index contributed by atoms with van der Waals surface area (Å²) >= 11 is 0. The fourth-order valence-corrected chi connectivity index (χ4v) is 8.75. The summed E-state index contributed by atoms with van der Waals surface area (Å²) in [6, 6.07) is 45.7. The molecule has 5 aromatic carbocycles. The minimum atomic E-state index is -0.331. The maximum absolute atomic E-state index is 10.5. The van der Waals surface area contributed by atoms with Crippen LogP contribution in [0.1, 0.15) is 37.0 Å². The third-order valence-corrected chi connectivity index (χ3v) is 11.2. The molecule has 3 aliphatic rings. The maximum atomic E-state index is 10.5. The van der Waals surface area contributed by atoms with Crippen molar-refractivity contribution in [2.75, 3.05) is 4.90 Å². The molecule has 0 saturated carbocycles. The van der Waals surface area contributed by atoms with Crippen LogP contribution in [0.5, 0.6) is 0 Å². The van der Waals surface area contributed by atoms with Gasteiger partial charge in [0.05, 0.1) is 40.7 Å². The second kappa shape index (κ2) is 11.9. The second-order valence-electron chi connectivity index (χ2n) is 14.3. The number of benzene rings is 5. The van der Waals surface area contributed by atoms with E-state index >= 15 is 0 Å². The van der Waals surface area contributed by atoms with E-state index in [0.29, 0.717) is 12.0 Å². The van der Waals surface area contributed by atoms with E-state index in [2.05, 4.69) is 175 Å². The van der Waals surface area contributed by atoms with E-state index < -0.39 is 0 Å². The molecule has 244 valence electrons. The molecule has 51 heavy (non-hydrogen) atoms. The van der Waals surface area contributed by atoms with Crippen LogP contribution in [0.4, 0.5) is 11.4 Å². The van der Waals surface area contributed by atoms with Gasteiger partial charge in [0.1, 0.15) is 0 Å². The molecule has 3 atom stereocenters. The minimum Gasteiger partial charge on any atom is -0.334 e. The van der Waals surface area contributed by atoms with E-state index in [1.807, 2.05) is 12.1 Å². The van der Waals surface area contributed by atoms with Crippen LogP contribution < -0.4 is 4.90 Å². The maximum Gasteiger partial charge on any atom is 0.0998 e. The highest BCUT2D eigenvalue weighted by Gasteiger charge is 2.45. The van der Waals surface area contributed by atoms with E-state index in [1.54, 1.807) is 0 Å². The van der Waals surface area contributed by atoms with Gasteiger partial charge in [0.15, 0.2) is 0 Å². The summed E-state index contributed by atoms with van der Waals surface area (Å²) in [6.07, 6.45) is 13.9. The lowest BCUT2D eigenvalue weighted by Crippen LogP contribution is -2.49. The normalized spacial score (nSPS) is 20.2. The monoisotopic (exact) mass is 656 g/mol. The first kappa shape index (κ1) is 30.7. The number of rotatable bonds is 4. The number of aromatic nitrogens is 1. The van der Waals surface area contributed by atoms with E-state index in [9.17, 15) is 10.5 Å². The predicted molar refractivity (Wildman–Crippen MR) is 209 cm³/mol. The van der Waals surface area contributed by atoms with Crippen molar-refractivity contribution in [3.63, 3.8) is 0 Å². The Labute approximate surface area is 298 Å². The first-order valence-corrected chi connectivity index (χ1v) is 17.7. The fraction of sp³-hybridized carbons (Fsp3) is 0.149. The number of nitrogens with zero attached hydrogens (tertiary/aromatic N) is 4. The standard InChI is InChI=1S/C47H36N4/c1-47(2)40-19-8-11-22-44(40)50(35-14-4-3-5-15-35)45-26-25-32(28-41(45)47)39-27-31(23-24-33(39)29-48)36-18-12-13-34(30-49)46(36)51-42-20-9-6-16-37(42)38-17-7-10-21-43(38)51/h3-12,14-28,34,40,44H,13H2,1-2H3. The molecule has 0 saturated heterocycles. The Hall–Kier alpha value is -6.36. The van der Waals surface area contributed by atoms with E-state index in [4.69, 9.17) is 0 Å². The van der Waals surface area contributed by atoms with Crippen molar-refractivity contribution in [1.29, 1.82) is 10.5 Å². The molecule has 4 heteroatoms. The van der Waals surface area contributed by atoms with Gasteiger partial charge < -0.3 is 9.47 Å². The van der Waals surface area contributed by atoms with Gasteiger partial charge in [-0.2, -0.15) is 10.5 Å². The SMILES string of the molecule is CC1(C)c2cc(-c3cc(C4=C(n5c6ccccc6c6ccccc65)C(C#N)CC=C4)ccc3C#N)ccc2N(c2ccccc2)C2C=CC=CC21. The van der Waals surface area contributed by atoms with Gasteiger partial charge in [-0.25, -0.2) is 0 Å². The summed E-state index contributed by atoms with van der Waals surface area (Å²) in [5.41, 5.74) is 11.1. The summed E-state index contributed by atoms with van der Waals surface area (Å²) in [7, 11) is 0. The minimum absolute atomic E-state index is 0.161. The lowest BCUT2D eigenvalue weighted by molar-refractivity contribution is 0.332. The van der Waals surface area contributed by atoms with Crippen molar-refractivity contribution < 1.29 is 0 Å². The fourth-order valence-electron chi connectivity index (χ4n) is 8.75. The third kappa shape index (κ3) is 4.72. The average Bonchev–Trinajstić information content (AvgIpc) is 3.52. The number of hydrogen-bond donors (Lipinski definition) is 0. The van der Waals surface area contributed by atoms with Gasteiger partial charge in [-0.3, -0.25) is 0 Å². The van der Waals surface area contributed by atoms with Crippen LogP contribution in [0.2, 0.25) is 0 Å². The van der Waals surface area contributed by atoms with Crippen LogP contribution in [-0.4, -0.2) is 10.6 Å². The molecular weight excluding hydrogens is 621 g/mol. The Bertz CT molecular complexity index is 2530. The van der Waals surface area contributed by atoms with Crippen LogP contribution in [0.15, 0.2) is 152 Å². The highest BCUT2D eigenvalue weighted by molar-refractivity contribution is 6.12. The molecule has 1 aromatic heterocycles. The zero-order valence-electron chi connectivity index (χ0n) is 28.7. The quantitative estimate of drug-likeness (QED) is 0.190. The van der Waals surface area contributed by atoms with Crippen molar-refractivity contribution in [3.8, 4) is 23.3 Å². The number of nitriles is 2. The van der Waals surface area contributed by atoms with E-state index in [0.717, 1.165) is 44.7 Å². The van der Waals surface area contributed by atoms with Crippen molar-refractivity contribution in [3.05, 3.63) is 168 Å². The van der Waals surface area contributed by atoms with Gasteiger partial charge >= 0.3 is 0 Å². The van der Waals surface area contributed by atoms with Crippen LogP contribution in [0.3, 0.4) is 0 Å². The van der Waals surface area contributed by atoms with Crippen molar-refractivity contribution in [1.82, 2.24) is 4.57 Å². The van der Waals surface area contributed by atoms with Gasteiger partial charge in [-0.05, 0) is 71.6 Å². The highest BCUT2D eigenvalue weighted by Crippen LogP contribution is 2.52. The van der Waals surface area contributed by atoms with Crippen LogP contribution in [0, 0.1) is 34.5 Å². The molecule has 0 spiro atoms. The number of allylic oxidation sites excluding steroid dienone is 6. The lowest BCUT2D eigenvalue weighted by atomic mass is 9.64. The zero-order valence-corrected chi connectivity index (χ0v) is 28.7. The predicted octanol–water partition coefficient (Wildman–Crippen LogP) is 11.3. The summed E-state index contributed by atoms with van der Waals surface area (Å²) in [6.45, 7) is 4.69. The van der Waals surface area contributed by atoms with Gasteiger partial charge in [0.2, 0.25) is 0 Å². The first-order valence-electron chi connectivity index (χ1n) is 17.7. The number of anilines is 2. The highest BCUT2D eigenvalue weighted by atomic mass is 15.2. The summed E-state index contributed by atoms with van der Waals surface area (Å²) in [5, 5.41) is 23.3. The van der Waals surface area contributed by atoms with Crippen LogP contribution in [0.25, 0.3) is 44.2 Å². The molecular formula is C47H36N4. The molecule has 0 amide bonds.